The van der Waals surface area contributed by atoms with Crippen LogP contribution in [-0.4, -0.2) is 26.5 Å². The molecule has 21 heavy (non-hydrogen) atoms. The van der Waals surface area contributed by atoms with Crippen LogP contribution in [0.25, 0.3) is 0 Å². The summed E-state index contributed by atoms with van der Waals surface area (Å²) >= 11 is 2.07. The Kier molecular flexibility index (Phi) is 3.58. The summed E-state index contributed by atoms with van der Waals surface area (Å²) in [6.45, 7) is 0. The van der Waals surface area contributed by atoms with Gasteiger partial charge in [-0.2, -0.15) is 0 Å². The summed E-state index contributed by atoms with van der Waals surface area (Å²) < 4.78 is 6.54. The predicted molar refractivity (Wildman–Crippen MR) is 83.7 cm³/mol. The molecular formula is C15H13IO5. The van der Waals surface area contributed by atoms with Crippen molar-refractivity contribution in [2.24, 2.45) is 0 Å². The van der Waals surface area contributed by atoms with Gasteiger partial charge in [-0.05, 0) is 46.4 Å². The number of hydrogen-bond donors (Lipinski definition) is 4. The summed E-state index contributed by atoms with van der Waals surface area (Å²) in [7, 11) is 0. The monoisotopic (exact) mass is 400 g/mol. The molecule has 0 saturated carbocycles. The van der Waals surface area contributed by atoms with E-state index in [0.717, 1.165) is 3.57 Å². The molecule has 1 aliphatic heterocycles. The highest BCUT2D eigenvalue weighted by Crippen LogP contribution is 2.42. The number of rotatable bonds is 1. The van der Waals surface area contributed by atoms with E-state index in [2.05, 4.69) is 22.6 Å². The third-order valence-corrected chi connectivity index (χ3v) is 4.04. The lowest BCUT2D eigenvalue weighted by Crippen LogP contribution is -2.30. The number of phenols is 3. The van der Waals surface area contributed by atoms with E-state index >= 15 is 0 Å². The molecule has 0 aromatic heterocycles. The van der Waals surface area contributed by atoms with Gasteiger partial charge >= 0.3 is 0 Å². The van der Waals surface area contributed by atoms with Crippen LogP contribution in [0.3, 0.4) is 0 Å². The van der Waals surface area contributed by atoms with Crippen LogP contribution in [-0.2, 0) is 6.42 Å². The molecule has 0 spiro atoms. The second-order valence-corrected chi connectivity index (χ2v) is 6.24. The van der Waals surface area contributed by atoms with Gasteiger partial charge in [0.25, 0.3) is 0 Å². The smallest absolute Gasteiger partial charge is 0.150 e. The fraction of sp³-hybridized carbons (Fsp3) is 0.200. The zero-order valence-electron chi connectivity index (χ0n) is 10.8. The largest absolute Gasteiger partial charge is 0.508 e. The molecule has 3 rings (SSSR count). The number of aliphatic hydroxyl groups excluding tert-OH is 1. The zero-order valence-corrected chi connectivity index (χ0v) is 13.0. The maximum absolute atomic E-state index is 10.3. The molecule has 5 nitrogen and oxygen atoms in total. The summed E-state index contributed by atoms with van der Waals surface area (Å²) in [5.74, 6) is 0.221. The van der Waals surface area contributed by atoms with E-state index in [1.165, 1.54) is 18.2 Å². The van der Waals surface area contributed by atoms with E-state index in [1.54, 1.807) is 6.07 Å². The molecule has 110 valence electrons. The fourth-order valence-electron chi connectivity index (χ4n) is 2.51. The molecule has 2 aromatic carbocycles. The molecular weight excluding hydrogens is 387 g/mol. The highest BCUT2D eigenvalue weighted by molar-refractivity contribution is 14.1. The second-order valence-electron chi connectivity index (χ2n) is 4.99. The van der Waals surface area contributed by atoms with E-state index < -0.39 is 12.2 Å². The van der Waals surface area contributed by atoms with Gasteiger partial charge < -0.3 is 25.2 Å². The van der Waals surface area contributed by atoms with E-state index in [4.69, 9.17) is 4.74 Å². The fourth-order valence-corrected chi connectivity index (χ4v) is 3.19. The summed E-state index contributed by atoms with van der Waals surface area (Å²) in [6.07, 6.45) is -1.32. The Morgan fingerprint density at radius 1 is 1.00 bits per heavy atom. The standard InChI is InChI=1S/C15H13IO5/c16-8-1-7(2-9(17)3-8)15-13(20)6-11-12(19)4-10(18)5-14(11)21-15/h1-5,13,15,17-20H,6H2/t13-,15-/m0/s1. The van der Waals surface area contributed by atoms with E-state index in [-0.39, 0.29) is 23.7 Å². The van der Waals surface area contributed by atoms with E-state index in [9.17, 15) is 20.4 Å². The van der Waals surface area contributed by atoms with Crippen LogP contribution in [0.5, 0.6) is 23.0 Å². The Bertz CT molecular complexity index is 680. The molecule has 2 aromatic rings. The minimum atomic E-state index is -0.856. The normalized spacial score (nSPS) is 20.7. The quantitative estimate of drug-likeness (QED) is 0.553. The van der Waals surface area contributed by atoms with Crippen molar-refractivity contribution in [2.75, 3.05) is 0 Å². The van der Waals surface area contributed by atoms with Gasteiger partial charge in [-0.3, -0.25) is 0 Å². The van der Waals surface area contributed by atoms with Crippen molar-refractivity contribution in [1.82, 2.24) is 0 Å². The molecule has 4 N–H and O–H groups in total. The predicted octanol–water partition coefficient (Wildman–Crippen LogP) is 2.45. The highest BCUT2D eigenvalue weighted by atomic mass is 127. The summed E-state index contributed by atoms with van der Waals surface area (Å²) in [5.41, 5.74) is 1.10. The van der Waals surface area contributed by atoms with Gasteiger partial charge in [-0.25, -0.2) is 0 Å². The SMILES string of the molecule is Oc1cc(I)cc([C@@H]2Oc3cc(O)cc(O)c3C[C@@H]2O)c1. The van der Waals surface area contributed by atoms with Crippen LogP contribution in [0.2, 0.25) is 0 Å². The van der Waals surface area contributed by atoms with E-state index in [0.29, 0.717) is 16.9 Å². The topological polar surface area (TPSA) is 90.2 Å². The number of halogens is 1. The number of aromatic hydroxyl groups is 3. The summed E-state index contributed by atoms with van der Waals surface area (Å²) in [6, 6.07) is 7.56. The molecule has 6 heteroatoms. The van der Waals surface area contributed by atoms with Crippen molar-refractivity contribution in [3.63, 3.8) is 0 Å². The van der Waals surface area contributed by atoms with Crippen molar-refractivity contribution >= 4 is 22.6 Å². The minimum Gasteiger partial charge on any atom is -0.508 e. The molecule has 0 saturated heterocycles. The average Bonchev–Trinajstić information content (AvgIpc) is 2.38. The van der Waals surface area contributed by atoms with Crippen molar-refractivity contribution in [3.05, 3.63) is 45.0 Å². The van der Waals surface area contributed by atoms with Crippen molar-refractivity contribution in [2.45, 2.75) is 18.6 Å². The Balaban J connectivity index is 2.02. The Morgan fingerprint density at radius 2 is 1.71 bits per heavy atom. The van der Waals surface area contributed by atoms with Crippen molar-refractivity contribution in [3.8, 4) is 23.0 Å². The van der Waals surface area contributed by atoms with Crippen molar-refractivity contribution < 1.29 is 25.2 Å². The highest BCUT2D eigenvalue weighted by Gasteiger charge is 2.32. The number of aliphatic hydroxyl groups is 1. The molecule has 0 aliphatic carbocycles. The Labute approximate surface area is 134 Å². The van der Waals surface area contributed by atoms with Gasteiger partial charge in [0, 0.05) is 27.7 Å². The first-order chi connectivity index (χ1) is 9.94. The first-order valence-corrected chi connectivity index (χ1v) is 7.41. The molecule has 1 heterocycles. The summed E-state index contributed by atoms with van der Waals surface area (Å²) in [5, 5.41) is 39.3. The van der Waals surface area contributed by atoms with Crippen LogP contribution in [0.4, 0.5) is 0 Å². The Morgan fingerprint density at radius 3 is 2.43 bits per heavy atom. The molecule has 0 bridgehead atoms. The minimum absolute atomic E-state index is 0.0947. The van der Waals surface area contributed by atoms with Gasteiger partial charge in [-0.15, -0.1) is 0 Å². The van der Waals surface area contributed by atoms with Gasteiger partial charge in [0.05, 0.1) is 6.10 Å². The zero-order chi connectivity index (χ0) is 15.1. The van der Waals surface area contributed by atoms with Gasteiger partial charge in [-0.1, -0.05) is 0 Å². The lowest BCUT2D eigenvalue weighted by molar-refractivity contribution is 0.0197. The van der Waals surface area contributed by atoms with Crippen LogP contribution < -0.4 is 4.74 Å². The lowest BCUT2D eigenvalue weighted by Gasteiger charge is -2.31. The first kappa shape index (κ1) is 14.3. The number of benzene rings is 2. The second kappa shape index (κ2) is 5.27. The molecule has 0 radical (unpaired) electrons. The third-order valence-electron chi connectivity index (χ3n) is 3.42. The molecule has 1 aliphatic rings. The Hall–Kier alpha value is -1.67. The van der Waals surface area contributed by atoms with Crippen LogP contribution >= 0.6 is 22.6 Å². The maximum Gasteiger partial charge on any atom is 0.150 e. The molecule has 2 atom stereocenters. The molecule has 0 fully saturated rings. The molecule has 0 unspecified atom stereocenters. The lowest BCUT2D eigenvalue weighted by atomic mass is 9.94. The summed E-state index contributed by atoms with van der Waals surface area (Å²) in [4.78, 5) is 0. The van der Waals surface area contributed by atoms with Crippen LogP contribution in [0, 0.1) is 3.57 Å². The number of ether oxygens (including phenoxy) is 1. The first-order valence-electron chi connectivity index (χ1n) is 6.33. The van der Waals surface area contributed by atoms with Crippen molar-refractivity contribution in [1.29, 1.82) is 0 Å². The van der Waals surface area contributed by atoms with Gasteiger partial charge in [0.15, 0.2) is 0 Å². The number of phenolic OH excluding ortho intramolecular Hbond substituents is 3. The maximum atomic E-state index is 10.3. The van der Waals surface area contributed by atoms with Crippen LogP contribution in [0.1, 0.15) is 17.2 Å². The van der Waals surface area contributed by atoms with Gasteiger partial charge in [0.2, 0.25) is 0 Å². The van der Waals surface area contributed by atoms with Crippen LogP contribution in [0.15, 0.2) is 30.3 Å². The number of fused-ring (bicyclic) bond motifs is 1. The average molecular weight is 400 g/mol. The van der Waals surface area contributed by atoms with Gasteiger partial charge in [0.1, 0.15) is 29.1 Å². The third kappa shape index (κ3) is 2.73. The number of hydrogen-bond acceptors (Lipinski definition) is 5. The van der Waals surface area contributed by atoms with E-state index in [1.807, 2.05) is 6.07 Å². The molecule has 0 amide bonds.